The first-order valence-corrected chi connectivity index (χ1v) is 13.0. The zero-order valence-electron chi connectivity index (χ0n) is 22.9. The monoisotopic (exact) mass is 527 g/mol. The first-order valence-electron chi connectivity index (χ1n) is 13.0. The maximum absolute atomic E-state index is 14.2. The van der Waals surface area contributed by atoms with Crippen LogP contribution in [0.3, 0.4) is 0 Å². The molecule has 1 amide bonds. The van der Waals surface area contributed by atoms with Crippen LogP contribution in [0.15, 0.2) is 77.6 Å². The fourth-order valence-electron chi connectivity index (χ4n) is 4.35. The van der Waals surface area contributed by atoms with Crippen LogP contribution < -0.4 is 10.9 Å². The van der Waals surface area contributed by atoms with Gasteiger partial charge in [-0.2, -0.15) is 0 Å². The van der Waals surface area contributed by atoms with Crippen molar-refractivity contribution in [2.75, 3.05) is 6.61 Å². The Bertz CT molecular complexity index is 1540. The third-order valence-electron chi connectivity index (χ3n) is 6.06. The molecule has 0 spiro atoms. The molecule has 0 aliphatic rings. The Balaban J connectivity index is 1.89. The summed E-state index contributed by atoms with van der Waals surface area (Å²) < 4.78 is 12.1. The molecule has 8 nitrogen and oxygen atoms in total. The summed E-state index contributed by atoms with van der Waals surface area (Å²) in [7, 11) is 0. The minimum Gasteiger partial charge on any atom is -0.462 e. The molecule has 0 aliphatic heterocycles. The summed E-state index contributed by atoms with van der Waals surface area (Å²) in [5, 5.41) is 3.32. The third-order valence-corrected chi connectivity index (χ3v) is 6.06. The highest BCUT2D eigenvalue weighted by atomic mass is 16.6. The van der Waals surface area contributed by atoms with Crippen molar-refractivity contribution in [1.29, 1.82) is 0 Å². The zero-order chi connectivity index (χ0) is 28.2. The van der Waals surface area contributed by atoms with Gasteiger partial charge in [0, 0.05) is 0 Å². The number of hydrogen-bond donors (Lipinski definition) is 1. The van der Waals surface area contributed by atoms with E-state index in [1.165, 1.54) is 0 Å². The predicted molar refractivity (Wildman–Crippen MR) is 151 cm³/mol. The second-order valence-electron chi connectivity index (χ2n) is 10.1. The molecule has 1 aromatic heterocycles. The molecule has 4 rings (SSSR count). The van der Waals surface area contributed by atoms with Crippen LogP contribution in [0.1, 0.15) is 63.3 Å². The highest BCUT2D eigenvalue weighted by molar-refractivity contribution is 5.95. The van der Waals surface area contributed by atoms with Crippen molar-refractivity contribution in [3.8, 4) is 16.8 Å². The van der Waals surface area contributed by atoms with E-state index >= 15 is 0 Å². The summed E-state index contributed by atoms with van der Waals surface area (Å²) in [6, 6.07) is 21.1. The zero-order valence-corrected chi connectivity index (χ0v) is 22.9. The Kier molecular flexibility index (Phi) is 8.14. The molecule has 202 valence electrons. The van der Waals surface area contributed by atoms with Gasteiger partial charge in [0.15, 0.2) is 0 Å². The summed E-state index contributed by atoms with van der Waals surface area (Å²) in [6.07, 6.45) is -0.0993. The van der Waals surface area contributed by atoms with Crippen molar-refractivity contribution in [3.63, 3.8) is 0 Å². The number of nitrogens with zero attached hydrogens (tertiary/aromatic N) is 2. The van der Waals surface area contributed by atoms with E-state index in [-0.39, 0.29) is 5.56 Å². The molecular weight excluding hydrogens is 494 g/mol. The SMILES string of the molecule is CCOC(=O)c1ccc(-c2cccc3nc([C@H](CC)NC(=O)OC(C)(C)C)n(-c4ccccc4)c(=O)c23)cc1. The lowest BCUT2D eigenvalue weighted by molar-refractivity contribution is 0.0495. The van der Waals surface area contributed by atoms with E-state index in [4.69, 9.17) is 14.5 Å². The average Bonchev–Trinajstić information content (AvgIpc) is 2.91. The van der Waals surface area contributed by atoms with E-state index < -0.39 is 23.7 Å². The molecular formula is C31H33N3O5. The van der Waals surface area contributed by atoms with Crippen LogP contribution in [0.25, 0.3) is 27.7 Å². The number of amides is 1. The number of alkyl carbamates (subject to hydrolysis) is 1. The molecule has 0 aliphatic carbocycles. The van der Waals surface area contributed by atoms with Crippen LogP contribution in [0, 0.1) is 0 Å². The van der Waals surface area contributed by atoms with E-state index in [9.17, 15) is 14.4 Å². The average molecular weight is 528 g/mol. The molecule has 1 heterocycles. The minimum absolute atomic E-state index is 0.268. The summed E-state index contributed by atoms with van der Waals surface area (Å²) in [5.41, 5.74) is 2.07. The standard InChI is InChI=1S/C31H33N3O5/c1-6-24(33-30(37)39-31(3,4)5)27-32-25-15-11-14-23(20-16-18-21(19-17-20)29(36)38-7-2)26(25)28(35)34(27)22-12-9-8-10-13-22/h8-19,24H,6-7H2,1-5H3,(H,33,37)/t24-/m0/s1. The number of benzene rings is 3. The molecule has 1 atom stereocenters. The second-order valence-corrected chi connectivity index (χ2v) is 10.1. The van der Waals surface area contributed by atoms with Crippen LogP contribution in [-0.2, 0) is 9.47 Å². The lowest BCUT2D eigenvalue weighted by atomic mass is 9.99. The molecule has 0 radical (unpaired) electrons. The Morgan fingerprint density at radius 3 is 2.26 bits per heavy atom. The van der Waals surface area contributed by atoms with Gasteiger partial charge in [-0.25, -0.2) is 14.6 Å². The van der Waals surface area contributed by atoms with Gasteiger partial charge in [-0.05, 0) is 75.6 Å². The van der Waals surface area contributed by atoms with Gasteiger partial charge >= 0.3 is 12.1 Å². The third kappa shape index (κ3) is 6.17. The van der Waals surface area contributed by atoms with Gasteiger partial charge in [-0.15, -0.1) is 0 Å². The Morgan fingerprint density at radius 1 is 0.949 bits per heavy atom. The van der Waals surface area contributed by atoms with Crippen LogP contribution in [-0.4, -0.2) is 33.8 Å². The summed E-state index contributed by atoms with van der Waals surface area (Å²) in [6.45, 7) is 9.34. The topological polar surface area (TPSA) is 99.5 Å². The molecule has 0 saturated heterocycles. The number of rotatable bonds is 7. The molecule has 0 fully saturated rings. The van der Waals surface area contributed by atoms with Gasteiger partial charge in [-0.1, -0.05) is 49.4 Å². The maximum Gasteiger partial charge on any atom is 0.408 e. The first-order chi connectivity index (χ1) is 18.6. The fraction of sp³-hybridized carbons (Fsp3) is 0.290. The summed E-state index contributed by atoms with van der Waals surface area (Å²) in [4.78, 5) is 43.9. The van der Waals surface area contributed by atoms with Gasteiger partial charge < -0.3 is 14.8 Å². The van der Waals surface area contributed by atoms with E-state index in [0.717, 1.165) is 5.56 Å². The Hall–Kier alpha value is -4.46. The van der Waals surface area contributed by atoms with Gasteiger partial charge in [0.25, 0.3) is 5.56 Å². The number of hydrogen-bond acceptors (Lipinski definition) is 6. The molecule has 8 heteroatoms. The van der Waals surface area contributed by atoms with Crippen LogP contribution in [0.4, 0.5) is 4.79 Å². The van der Waals surface area contributed by atoms with Crippen molar-refractivity contribution in [2.24, 2.45) is 0 Å². The van der Waals surface area contributed by atoms with Crippen molar-refractivity contribution >= 4 is 23.0 Å². The van der Waals surface area contributed by atoms with Crippen molar-refractivity contribution in [1.82, 2.24) is 14.9 Å². The number of ether oxygens (including phenoxy) is 2. The predicted octanol–water partition coefficient (Wildman–Crippen LogP) is 6.21. The normalized spacial score (nSPS) is 12.1. The number of esters is 1. The smallest absolute Gasteiger partial charge is 0.408 e. The van der Waals surface area contributed by atoms with E-state index in [1.807, 2.05) is 49.4 Å². The Labute approximate surface area is 227 Å². The van der Waals surface area contributed by atoms with E-state index in [0.29, 0.717) is 46.6 Å². The molecule has 1 N–H and O–H groups in total. The quantitative estimate of drug-likeness (QED) is 0.287. The lowest BCUT2D eigenvalue weighted by Gasteiger charge is -2.25. The molecule has 0 unspecified atom stereocenters. The summed E-state index contributed by atoms with van der Waals surface area (Å²) >= 11 is 0. The highest BCUT2D eigenvalue weighted by Crippen LogP contribution is 2.28. The van der Waals surface area contributed by atoms with Gasteiger partial charge in [0.2, 0.25) is 0 Å². The number of aromatic nitrogens is 2. The van der Waals surface area contributed by atoms with Crippen LogP contribution >= 0.6 is 0 Å². The second kappa shape index (κ2) is 11.5. The number of carbonyl (C=O) groups is 2. The maximum atomic E-state index is 14.2. The fourth-order valence-corrected chi connectivity index (χ4v) is 4.35. The summed E-state index contributed by atoms with van der Waals surface area (Å²) in [5.74, 6) is 0.00433. The minimum atomic E-state index is -0.671. The van der Waals surface area contributed by atoms with Crippen LogP contribution in [0.2, 0.25) is 0 Å². The number of nitrogens with one attached hydrogen (secondary N) is 1. The van der Waals surface area contributed by atoms with Crippen molar-refractivity contribution in [3.05, 3.63) is 94.5 Å². The number of carbonyl (C=O) groups excluding carboxylic acids is 2. The van der Waals surface area contributed by atoms with Crippen molar-refractivity contribution in [2.45, 2.75) is 52.7 Å². The molecule has 39 heavy (non-hydrogen) atoms. The van der Waals surface area contributed by atoms with Gasteiger partial charge in [-0.3, -0.25) is 9.36 Å². The van der Waals surface area contributed by atoms with E-state index in [2.05, 4.69) is 5.32 Å². The van der Waals surface area contributed by atoms with Crippen molar-refractivity contribution < 1.29 is 19.1 Å². The lowest BCUT2D eigenvalue weighted by Crippen LogP contribution is -2.37. The highest BCUT2D eigenvalue weighted by Gasteiger charge is 2.25. The molecule has 0 saturated carbocycles. The van der Waals surface area contributed by atoms with Gasteiger partial charge in [0.05, 0.1) is 34.8 Å². The molecule has 0 bridgehead atoms. The molecule has 4 aromatic rings. The number of para-hydroxylation sites is 1. The first kappa shape index (κ1) is 27.6. The molecule has 3 aromatic carbocycles. The van der Waals surface area contributed by atoms with Crippen LogP contribution in [0.5, 0.6) is 0 Å². The number of fused-ring (bicyclic) bond motifs is 1. The Morgan fingerprint density at radius 2 is 1.64 bits per heavy atom. The largest absolute Gasteiger partial charge is 0.462 e. The van der Waals surface area contributed by atoms with Gasteiger partial charge in [0.1, 0.15) is 11.4 Å². The van der Waals surface area contributed by atoms with E-state index in [1.54, 1.807) is 62.6 Å².